The van der Waals surface area contributed by atoms with Crippen LogP contribution >= 0.6 is 15.9 Å². The first-order chi connectivity index (χ1) is 9.92. The van der Waals surface area contributed by atoms with Crippen LogP contribution in [-0.4, -0.2) is 44.3 Å². The number of carbonyl (C=O) groups is 2. The molecule has 0 aromatic heterocycles. The molecule has 112 valence electrons. The number of benzene rings is 1. The average Bonchev–Trinajstić information content (AvgIpc) is 2.68. The number of aliphatic hydroxyl groups is 1. The third-order valence-electron chi connectivity index (χ3n) is 3.69. The molecule has 2 rings (SSSR count). The van der Waals surface area contributed by atoms with Crippen LogP contribution in [0.15, 0.2) is 21.8 Å². The molecular weight excluding hydrogens is 344 g/mol. The average molecular weight is 357 g/mol. The van der Waals surface area contributed by atoms with Gasteiger partial charge in [-0.3, -0.25) is 4.79 Å². The number of fused-ring (bicyclic) bond motifs is 1. The molecular formula is C13H13BrN2O5. The van der Waals surface area contributed by atoms with Gasteiger partial charge in [0.2, 0.25) is 5.91 Å². The van der Waals surface area contributed by atoms with Crippen molar-refractivity contribution in [3.63, 3.8) is 0 Å². The number of methoxy groups -OCH3 is 1. The maximum absolute atomic E-state index is 12.4. The van der Waals surface area contributed by atoms with Gasteiger partial charge in [0.25, 0.3) is 0 Å². The van der Waals surface area contributed by atoms with Gasteiger partial charge in [-0.15, -0.1) is 0 Å². The second-order valence-corrected chi connectivity index (χ2v) is 5.59. The van der Waals surface area contributed by atoms with Crippen molar-refractivity contribution in [1.82, 2.24) is 0 Å². The highest BCUT2D eigenvalue weighted by molar-refractivity contribution is 9.10. The van der Waals surface area contributed by atoms with E-state index in [-0.39, 0.29) is 5.56 Å². The Balaban J connectivity index is 2.72. The van der Waals surface area contributed by atoms with Crippen molar-refractivity contribution >= 4 is 33.5 Å². The first-order valence-electron chi connectivity index (χ1n) is 6.03. The highest BCUT2D eigenvalue weighted by atomic mass is 79.9. The van der Waals surface area contributed by atoms with Crippen molar-refractivity contribution < 1.29 is 19.4 Å². The molecule has 0 spiro atoms. The molecule has 1 aliphatic heterocycles. The summed E-state index contributed by atoms with van der Waals surface area (Å²) in [5.41, 5.74) is -0.337. The van der Waals surface area contributed by atoms with Crippen LogP contribution in [0, 0.1) is 4.91 Å². The van der Waals surface area contributed by atoms with E-state index in [1.165, 1.54) is 25.1 Å². The summed E-state index contributed by atoms with van der Waals surface area (Å²) in [7, 11) is 2.78. The third kappa shape index (κ3) is 2.14. The highest BCUT2D eigenvalue weighted by Gasteiger charge is 2.50. The van der Waals surface area contributed by atoms with Gasteiger partial charge < -0.3 is 14.7 Å². The summed E-state index contributed by atoms with van der Waals surface area (Å²) in [5, 5.41) is 12.4. The quantitative estimate of drug-likeness (QED) is 0.645. The number of anilines is 1. The summed E-state index contributed by atoms with van der Waals surface area (Å²) in [6, 6.07) is 3.04. The number of amides is 1. The number of likely N-dealkylation sites (N-methyl/N-ethyl adjacent to an activating group) is 1. The maximum Gasteiger partial charge on any atom is 0.339 e. The number of hydrogen-bond donors (Lipinski definition) is 1. The molecule has 0 fully saturated rings. The lowest BCUT2D eigenvalue weighted by molar-refractivity contribution is -0.123. The predicted molar refractivity (Wildman–Crippen MR) is 78.3 cm³/mol. The second-order valence-electron chi connectivity index (χ2n) is 4.73. The van der Waals surface area contributed by atoms with E-state index in [0.29, 0.717) is 15.7 Å². The van der Waals surface area contributed by atoms with Crippen molar-refractivity contribution in [2.45, 2.75) is 5.41 Å². The Bertz CT molecular complexity index is 633. The highest BCUT2D eigenvalue weighted by Crippen LogP contribution is 2.43. The second kappa shape index (κ2) is 5.53. The lowest BCUT2D eigenvalue weighted by atomic mass is 9.82. The summed E-state index contributed by atoms with van der Waals surface area (Å²) < 4.78 is 5.14. The summed E-state index contributed by atoms with van der Waals surface area (Å²) >= 11 is 3.25. The number of aliphatic hydroxyl groups excluding tert-OH is 1. The van der Waals surface area contributed by atoms with Gasteiger partial charge in [-0.25, -0.2) is 4.79 Å². The molecule has 1 aromatic rings. The van der Waals surface area contributed by atoms with Crippen LogP contribution in [0.25, 0.3) is 0 Å². The van der Waals surface area contributed by atoms with Crippen LogP contribution in [0.2, 0.25) is 0 Å². The summed E-state index contributed by atoms with van der Waals surface area (Å²) in [5.74, 6) is -1.02. The molecule has 1 unspecified atom stereocenters. The minimum Gasteiger partial charge on any atom is -0.465 e. The van der Waals surface area contributed by atoms with E-state index < -0.39 is 30.4 Å². The van der Waals surface area contributed by atoms with Crippen LogP contribution in [0.1, 0.15) is 15.9 Å². The number of nitrogens with zero attached hydrogens (tertiary/aromatic N) is 2. The maximum atomic E-state index is 12.4. The van der Waals surface area contributed by atoms with Crippen LogP contribution in [0.3, 0.4) is 0 Å². The largest absolute Gasteiger partial charge is 0.465 e. The van der Waals surface area contributed by atoms with Gasteiger partial charge in [-0.2, -0.15) is 4.91 Å². The van der Waals surface area contributed by atoms with Gasteiger partial charge in [0.15, 0.2) is 0 Å². The van der Waals surface area contributed by atoms with Crippen LogP contribution in [0.5, 0.6) is 0 Å². The molecule has 1 aromatic carbocycles. The number of hydrogen-bond acceptors (Lipinski definition) is 6. The van der Waals surface area contributed by atoms with E-state index in [9.17, 15) is 19.6 Å². The molecule has 0 saturated heterocycles. The van der Waals surface area contributed by atoms with Crippen LogP contribution in [0.4, 0.5) is 5.69 Å². The van der Waals surface area contributed by atoms with Gasteiger partial charge in [0.1, 0.15) is 12.0 Å². The molecule has 1 amide bonds. The zero-order valence-electron chi connectivity index (χ0n) is 11.4. The molecule has 1 N–H and O–H groups in total. The fourth-order valence-corrected chi connectivity index (χ4v) is 2.99. The van der Waals surface area contributed by atoms with E-state index in [0.717, 1.165) is 0 Å². The summed E-state index contributed by atoms with van der Waals surface area (Å²) in [4.78, 5) is 36.2. The Labute approximate surface area is 129 Å². The van der Waals surface area contributed by atoms with Gasteiger partial charge in [-0.05, 0) is 33.6 Å². The number of rotatable bonds is 4. The lowest BCUT2D eigenvalue weighted by Crippen LogP contribution is -2.44. The SMILES string of the molecule is COC(=O)c1cc2c(cc1Br)N(C)C(=O)C2(CO)CN=O. The molecule has 0 aliphatic carbocycles. The molecule has 1 aliphatic rings. The summed E-state index contributed by atoms with van der Waals surface area (Å²) in [6.45, 7) is -0.973. The molecule has 0 saturated carbocycles. The molecule has 7 nitrogen and oxygen atoms in total. The first kappa shape index (κ1) is 15.6. The van der Waals surface area contributed by atoms with E-state index in [1.54, 1.807) is 6.07 Å². The van der Waals surface area contributed by atoms with E-state index in [4.69, 9.17) is 0 Å². The minimum absolute atomic E-state index is 0.211. The van der Waals surface area contributed by atoms with E-state index in [1.807, 2.05) is 0 Å². The molecule has 8 heteroatoms. The smallest absolute Gasteiger partial charge is 0.339 e. The zero-order chi connectivity index (χ0) is 15.8. The molecule has 21 heavy (non-hydrogen) atoms. The number of esters is 1. The Kier molecular flexibility index (Phi) is 4.11. The minimum atomic E-state index is -1.45. The van der Waals surface area contributed by atoms with Crippen molar-refractivity contribution in [3.8, 4) is 0 Å². The normalized spacial score (nSPS) is 20.4. The number of halogens is 1. The van der Waals surface area contributed by atoms with E-state index >= 15 is 0 Å². The number of nitroso groups, excluding NO2 is 1. The summed E-state index contributed by atoms with van der Waals surface area (Å²) in [6.07, 6.45) is 0. The zero-order valence-corrected chi connectivity index (χ0v) is 13.0. The standard InChI is InChI=1S/C13H13BrN2O5/c1-16-10-4-9(14)7(11(18)21-2)3-8(10)13(6-17,5-15-20)12(16)19/h3-4,17H,5-6H2,1-2H3. The third-order valence-corrected chi connectivity index (χ3v) is 4.34. The Morgan fingerprint density at radius 3 is 2.71 bits per heavy atom. The fourth-order valence-electron chi connectivity index (χ4n) is 2.50. The molecule has 1 atom stereocenters. The Hall–Kier alpha value is -1.80. The van der Waals surface area contributed by atoms with Gasteiger partial charge >= 0.3 is 5.97 Å². The predicted octanol–water partition coefficient (Wildman–Crippen LogP) is 1.21. The first-order valence-corrected chi connectivity index (χ1v) is 6.82. The monoisotopic (exact) mass is 356 g/mol. The lowest BCUT2D eigenvalue weighted by Gasteiger charge is -2.22. The van der Waals surface area contributed by atoms with Gasteiger partial charge in [0, 0.05) is 17.2 Å². The van der Waals surface area contributed by atoms with Crippen molar-refractivity contribution in [2.75, 3.05) is 32.2 Å². The van der Waals surface area contributed by atoms with Crippen LogP contribution in [-0.2, 0) is 14.9 Å². The van der Waals surface area contributed by atoms with Crippen molar-refractivity contribution in [3.05, 3.63) is 32.6 Å². The van der Waals surface area contributed by atoms with Gasteiger partial charge in [0.05, 0.1) is 19.3 Å². The van der Waals surface area contributed by atoms with Crippen molar-refractivity contribution in [2.24, 2.45) is 5.18 Å². The number of ether oxygens (including phenoxy) is 1. The van der Waals surface area contributed by atoms with E-state index in [2.05, 4.69) is 25.8 Å². The topological polar surface area (TPSA) is 96.3 Å². The molecule has 0 bridgehead atoms. The molecule has 1 heterocycles. The van der Waals surface area contributed by atoms with Crippen LogP contribution < -0.4 is 4.90 Å². The number of carbonyl (C=O) groups excluding carboxylic acids is 2. The molecule has 0 radical (unpaired) electrons. The Morgan fingerprint density at radius 1 is 1.52 bits per heavy atom. The van der Waals surface area contributed by atoms with Crippen molar-refractivity contribution in [1.29, 1.82) is 0 Å². The van der Waals surface area contributed by atoms with Gasteiger partial charge in [-0.1, -0.05) is 5.18 Å². The fraction of sp³-hybridized carbons (Fsp3) is 0.385. The Morgan fingerprint density at radius 2 is 2.19 bits per heavy atom.